The van der Waals surface area contributed by atoms with Crippen molar-refractivity contribution in [1.82, 2.24) is 9.13 Å². The summed E-state index contributed by atoms with van der Waals surface area (Å²) in [6.07, 6.45) is 0. The van der Waals surface area contributed by atoms with Gasteiger partial charge in [-0.05, 0) is 73.8 Å². The van der Waals surface area contributed by atoms with Crippen LogP contribution in [0.2, 0.25) is 4.34 Å². The molecule has 0 fully saturated rings. The highest BCUT2D eigenvalue weighted by Gasteiger charge is 2.22. The monoisotopic (exact) mass is 668 g/mol. The summed E-state index contributed by atoms with van der Waals surface area (Å²) >= 11 is 8.73. The molecule has 0 N–H and O–H groups in total. The summed E-state index contributed by atoms with van der Waals surface area (Å²) in [5.74, 6) is -2.76. The third kappa shape index (κ3) is 6.45. The van der Waals surface area contributed by atoms with Crippen LogP contribution >= 0.6 is 34.3 Å². The second-order valence-corrected chi connectivity index (χ2v) is 12.3. The van der Waals surface area contributed by atoms with Crippen molar-refractivity contribution in [1.29, 1.82) is 0 Å². The molecule has 2 aromatic carbocycles. The lowest BCUT2D eigenvalue weighted by Crippen LogP contribution is -2.21. The van der Waals surface area contributed by atoms with E-state index in [2.05, 4.69) is 0 Å². The summed E-state index contributed by atoms with van der Waals surface area (Å²) in [4.78, 5) is 25.9. The normalized spacial score (nSPS) is 10.9. The fourth-order valence-electron chi connectivity index (χ4n) is 5.06. The van der Waals surface area contributed by atoms with Crippen LogP contribution in [0, 0.1) is 23.3 Å². The minimum absolute atomic E-state index is 0.162. The van der Waals surface area contributed by atoms with Gasteiger partial charge in [-0.2, -0.15) is 0 Å². The maximum absolute atomic E-state index is 14.3. The molecule has 0 atom stereocenters. The number of pyridine rings is 2. The van der Waals surface area contributed by atoms with Crippen molar-refractivity contribution in [3.8, 4) is 43.4 Å². The first-order valence-corrected chi connectivity index (χ1v) is 15.9. The number of benzene rings is 2. The fraction of sp³-hybridized carbons (Fsp3) is 0.118. The first-order valence-electron chi connectivity index (χ1n) is 13.8. The third-order valence-electron chi connectivity index (χ3n) is 7.02. The molecule has 230 valence electrons. The van der Waals surface area contributed by atoms with Gasteiger partial charge in [-0.25, -0.2) is 17.6 Å². The Morgan fingerprint density at radius 1 is 0.600 bits per heavy atom. The molecule has 4 heterocycles. The fourth-order valence-corrected chi connectivity index (χ4v) is 6.88. The highest BCUT2D eigenvalue weighted by molar-refractivity contribution is 7.19. The molecule has 6 rings (SSSR count). The molecule has 0 saturated carbocycles. The van der Waals surface area contributed by atoms with Gasteiger partial charge < -0.3 is 9.13 Å². The molecule has 0 spiro atoms. The molecule has 4 aromatic heterocycles. The van der Waals surface area contributed by atoms with Crippen LogP contribution in [0.15, 0.2) is 99.9 Å². The molecule has 0 amide bonds. The van der Waals surface area contributed by atoms with Crippen LogP contribution in [0.25, 0.3) is 43.4 Å². The molecule has 45 heavy (non-hydrogen) atoms. The lowest BCUT2D eigenvalue weighted by atomic mass is 10.0. The number of hydrogen-bond donors (Lipinski definition) is 0. The van der Waals surface area contributed by atoms with Crippen LogP contribution in [0.5, 0.6) is 0 Å². The third-order valence-corrected chi connectivity index (χ3v) is 9.19. The van der Waals surface area contributed by atoms with Gasteiger partial charge in [0.1, 0.15) is 23.3 Å². The molecular formula is C34H25ClF4N2O2S2. The van der Waals surface area contributed by atoms with Gasteiger partial charge in [0.15, 0.2) is 0 Å². The summed E-state index contributed by atoms with van der Waals surface area (Å²) in [6.45, 7) is 4.17. The largest absolute Gasteiger partial charge is 0.308 e. The maximum Gasteiger partial charge on any atom is 0.251 e. The molecule has 4 nitrogen and oxygen atoms in total. The zero-order chi connectivity index (χ0) is 32.2. The van der Waals surface area contributed by atoms with Crippen molar-refractivity contribution >= 4 is 34.3 Å². The maximum atomic E-state index is 14.3. The Hall–Kier alpha value is -4.25. The standard InChI is InChI=1S/C17H12ClF2NOS.C17H13F2NOS/c1-2-21-15(22)9-6-10(13-7-8-14(18)23-13)17(21)16-11(19)4-3-5-12(16)20;1-2-20-15(21)9-8-11(14-7-4-10-22-14)17(20)16-12(18)5-3-6-13(16)19/h3-9H,2H2,1H3;3-10H,2H2,1H3. The van der Waals surface area contributed by atoms with E-state index in [9.17, 15) is 27.2 Å². The molecule has 0 saturated heterocycles. The zero-order valence-electron chi connectivity index (χ0n) is 24.0. The molecule has 0 bridgehead atoms. The highest BCUT2D eigenvalue weighted by Crippen LogP contribution is 2.39. The molecule has 0 aliphatic carbocycles. The average Bonchev–Trinajstić information content (AvgIpc) is 3.70. The average molecular weight is 669 g/mol. The van der Waals surface area contributed by atoms with E-state index in [0.29, 0.717) is 28.6 Å². The van der Waals surface area contributed by atoms with Crippen LogP contribution in [-0.2, 0) is 13.1 Å². The second-order valence-electron chi connectivity index (χ2n) is 9.63. The smallest absolute Gasteiger partial charge is 0.251 e. The molecule has 0 aliphatic rings. The molecule has 0 aliphatic heterocycles. The van der Waals surface area contributed by atoms with E-state index in [4.69, 9.17) is 11.6 Å². The second kappa shape index (κ2) is 13.8. The number of nitrogens with zero attached hydrogens (tertiary/aromatic N) is 2. The van der Waals surface area contributed by atoms with Crippen molar-refractivity contribution in [3.05, 3.63) is 139 Å². The van der Waals surface area contributed by atoms with Gasteiger partial charge in [-0.3, -0.25) is 9.59 Å². The van der Waals surface area contributed by atoms with Crippen LogP contribution in [0.1, 0.15) is 13.8 Å². The first kappa shape index (κ1) is 32.2. The van der Waals surface area contributed by atoms with Gasteiger partial charge in [-0.1, -0.05) is 29.8 Å². The Balaban J connectivity index is 0.000000178. The van der Waals surface area contributed by atoms with Crippen molar-refractivity contribution < 1.29 is 17.6 Å². The lowest BCUT2D eigenvalue weighted by Gasteiger charge is -2.16. The Bertz CT molecular complexity index is 2060. The minimum atomic E-state index is -0.707. The molecule has 0 radical (unpaired) electrons. The summed E-state index contributed by atoms with van der Waals surface area (Å²) in [6, 6.07) is 20.6. The molecule has 0 unspecified atom stereocenters. The van der Waals surface area contributed by atoms with Crippen molar-refractivity contribution in [2.24, 2.45) is 0 Å². The summed E-state index contributed by atoms with van der Waals surface area (Å²) < 4.78 is 60.5. The van der Waals surface area contributed by atoms with E-state index in [1.54, 1.807) is 38.1 Å². The number of rotatable bonds is 6. The summed E-state index contributed by atoms with van der Waals surface area (Å²) in [7, 11) is 0. The first-order chi connectivity index (χ1) is 21.7. The van der Waals surface area contributed by atoms with E-state index in [0.717, 1.165) is 9.75 Å². The number of halogens is 5. The molecular weight excluding hydrogens is 644 g/mol. The van der Waals surface area contributed by atoms with Gasteiger partial charge >= 0.3 is 0 Å². The summed E-state index contributed by atoms with van der Waals surface area (Å²) in [5.41, 5.74) is 0.795. The Kier molecular flexibility index (Phi) is 9.86. The zero-order valence-corrected chi connectivity index (χ0v) is 26.4. The van der Waals surface area contributed by atoms with Crippen LogP contribution in [0.4, 0.5) is 17.6 Å². The van der Waals surface area contributed by atoms with E-state index < -0.39 is 23.3 Å². The SMILES string of the molecule is CCn1c(-c2c(F)cccc2F)c(-c2ccc(Cl)s2)ccc1=O.CCn1c(-c2c(F)cccc2F)c(-c2cccs2)ccc1=O. The van der Waals surface area contributed by atoms with Gasteiger partial charge in [0.25, 0.3) is 11.1 Å². The predicted molar refractivity (Wildman–Crippen MR) is 175 cm³/mol. The van der Waals surface area contributed by atoms with E-state index in [1.165, 1.54) is 80.3 Å². The van der Waals surface area contributed by atoms with E-state index in [-0.39, 0.29) is 33.6 Å². The quantitative estimate of drug-likeness (QED) is 0.166. The number of hydrogen-bond acceptors (Lipinski definition) is 4. The van der Waals surface area contributed by atoms with Gasteiger partial charge in [0, 0.05) is 46.1 Å². The van der Waals surface area contributed by atoms with E-state index in [1.807, 2.05) is 17.5 Å². The minimum Gasteiger partial charge on any atom is -0.308 e. The Morgan fingerprint density at radius 2 is 1.07 bits per heavy atom. The topological polar surface area (TPSA) is 44.0 Å². The van der Waals surface area contributed by atoms with Gasteiger partial charge in [0.2, 0.25) is 0 Å². The van der Waals surface area contributed by atoms with Gasteiger partial charge in [-0.15, -0.1) is 22.7 Å². The summed E-state index contributed by atoms with van der Waals surface area (Å²) in [5, 5.41) is 1.89. The van der Waals surface area contributed by atoms with Gasteiger partial charge in [0.05, 0.1) is 26.9 Å². The van der Waals surface area contributed by atoms with Crippen LogP contribution < -0.4 is 11.1 Å². The molecule has 11 heteroatoms. The van der Waals surface area contributed by atoms with Crippen molar-refractivity contribution in [3.63, 3.8) is 0 Å². The van der Waals surface area contributed by atoms with Crippen molar-refractivity contribution in [2.75, 3.05) is 0 Å². The van der Waals surface area contributed by atoms with Crippen molar-refractivity contribution in [2.45, 2.75) is 26.9 Å². The number of aromatic nitrogens is 2. The Labute approximate surface area is 269 Å². The highest BCUT2D eigenvalue weighted by atomic mass is 35.5. The molecule has 6 aromatic rings. The Morgan fingerprint density at radius 3 is 1.44 bits per heavy atom. The van der Waals surface area contributed by atoms with Crippen LogP contribution in [0.3, 0.4) is 0 Å². The van der Waals surface area contributed by atoms with Crippen LogP contribution in [-0.4, -0.2) is 9.13 Å². The lowest BCUT2D eigenvalue weighted by molar-refractivity contribution is 0.583. The van der Waals surface area contributed by atoms with E-state index >= 15 is 0 Å². The number of thiophene rings is 2. The predicted octanol–water partition coefficient (Wildman–Crippen LogP) is 9.74.